The van der Waals surface area contributed by atoms with Gasteiger partial charge in [-0.15, -0.1) is 0 Å². The molecule has 3 aliphatic heterocycles. The highest BCUT2D eigenvalue weighted by Gasteiger charge is 2.43. The summed E-state index contributed by atoms with van der Waals surface area (Å²) < 4.78 is 11.5. The summed E-state index contributed by atoms with van der Waals surface area (Å²) in [6.45, 7) is 4.46. The zero-order valence-electron chi connectivity index (χ0n) is 16.0. The number of fused-ring (bicyclic) bond motifs is 1. The Balaban J connectivity index is 1.54. The fraction of sp³-hybridized carbons (Fsp3) is 0.619. The highest BCUT2D eigenvalue weighted by atomic mass is 16.7. The number of nitrogens with zero attached hydrogens (tertiary/aromatic N) is 2. The minimum absolute atomic E-state index is 0.0374. The van der Waals surface area contributed by atoms with Gasteiger partial charge in [0.15, 0.2) is 5.79 Å². The summed E-state index contributed by atoms with van der Waals surface area (Å²) in [5.41, 5.74) is 2.05. The fourth-order valence-electron chi connectivity index (χ4n) is 4.52. The lowest BCUT2D eigenvalue weighted by Gasteiger charge is -2.40. The summed E-state index contributed by atoms with van der Waals surface area (Å²) in [6.07, 6.45) is 4.19. The van der Waals surface area contributed by atoms with E-state index in [-0.39, 0.29) is 11.8 Å². The van der Waals surface area contributed by atoms with Crippen molar-refractivity contribution >= 4 is 17.5 Å². The van der Waals surface area contributed by atoms with Gasteiger partial charge in [-0.2, -0.15) is 0 Å². The quantitative estimate of drug-likeness (QED) is 0.818. The Hall–Kier alpha value is -1.92. The number of para-hydroxylation sites is 1. The predicted octanol–water partition coefficient (Wildman–Crippen LogP) is 2.50. The van der Waals surface area contributed by atoms with Crippen molar-refractivity contribution in [2.45, 2.75) is 57.3 Å². The van der Waals surface area contributed by atoms with Crippen molar-refractivity contribution < 1.29 is 19.1 Å². The summed E-state index contributed by atoms with van der Waals surface area (Å²) in [4.78, 5) is 29.9. The Morgan fingerprint density at radius 1 is 1.15 bits per heavy atom. The van der Waals surface area contributed by atoms with E-state index in [0.717, 1.165) is 24.1 Å². The molecule has 0 unspecified atom stereocenters. The maximum absolute atomic E-state index is 13.3. The molecule has 3 aliphatic rings. The molecule has 1 atom stereocenters. The first kappa shape index (κ1) is 18.4. The van der Waals surface area contributed by atoms with Crippen molar-refractivity contribution in [1.82, 2.24) is 4.90 Å². The maximum atomic E-state index is 13.3. The van der Waals surface area contributed by atoms with Crippen LogP contribution in [0.1, 0.15) is 44.6 Å². The molecule has 2 amide bonds. The third-order valence-electron chi connectivity index (χ3n) is 5.99. The number of piperidine rings is 1. The van der Waals surface area contributed by atoms with Gasteiger partial charge in [-0.05, 0) is 30.9 Å². The van der Waals surface area contributed by atoms with Gasteiger partial charge in [0.2, 0.25) is 11.8 Å². The Morgan fingerprint density at radius 2 is 1.85 bits per heavy atom. The summed E-state index contributed by atoms with van der Waals surface area (Å²) in [5, 5.41) is 0. The number of aryl methyl sites for hydroxylation is 1. The summed E-state index contributed by atoms with van der Waals surface area (Å²) >= 11 is 0. The van der Waals surface area contributed by atoms with E-state index in [1.165, 1.54) is 0 Å². The van der Waals surface area contributed by atoms with E-state index < -0.39 is 11.8 Å². The van der Waals surface area contributed by atoms with Crippen LogP contribution in [0.2, 0.25) is 0 Å². The van der Waals surface area contributed by atoms with Crippen LogP contribution in [0.25, 0.3) is 0 Å². The van der Waals surface area contributed by atoms with Crippen LogP contribution in [-0.2, 0) is 25.5 Å². The van der Waals surface area contributed by atoms with Crippen LogP contribution >= 0.6 is 0 Å². The van der Waals surface area contributed by atoms with Gasteiger partial charge in [-0.3, -0.25) is 14.5 Å². The van der Waals surface area contributed by atoms with E-state index in [9.17, 15) is 9.59 Å². The lowest BCUT2D eigenvalue weighted by Crippen LogP contribution is -2.55. The lowest BCUT2D eigenvalue weighted by atomic mass is 10.0. The van der Waals surface area contributed by atoms with Gasteiger partial charge in [-0.1, -0.05) is 25.1 Å². The standard InChI is InChI=1S/C21H28N2O4/c1-2-17(20(25)22-12-10-21(11-13-22)26-14-15-27-21)23-18-8-4-3-6-16(18)7-5-9-19(23)24/h3-4,6,8,17H,2,5,7,9-15H2,1H3/t17-/m1/s1. The van der Waals surface area contributed by atoms with E-state index in [0.29, 0.717) is 52.0 Å². The van der Waals surface area contributed by atoms with E-state index in [1.807, 2.05) is 30.0 Å². The van der Waals surface area contributed by atoms with Crippen molar-refractivity contribution in [2.24, 2.45) is 0 Å². The number of carbonyl (C=O) groups is 2. The monoisotopic (exact) mass is 372 g/mol. The van der Waals surface area contributed by atoms with Gasteiger partial charge >= 0.3 is 0 Å². The minimum Gasteiger partial charge on any atom is -0.347 e. The van der Waals surface area contributed by atoms with Crippen molar-refractivity contribution in [1.29, 1.82) is 0 Å². The van der Waals surface area contributed by atoms with Gasteiger partial charge in [0.25, 0.3) is 0 Å². The minimum atomic E-state index is -0.497. The number of benzene rings is 1. The van der Waals surface area contributed by atoms with Crippen molar-refractivity contribution in [3.05, 3.63) is 29.8 Å². The second-order valence-corrected chi connectivity index (χ2v) is 7.60. The molecule has 27 heavy (non-hydrogen) atoms. The average Bonchev–Trinajstić information content (AvgIpc) is 3.07. The molecule has 1 aromatic rings. The summed E-state index contributed by atoms with van der Waals surface area (Å²) in [6, 6.07) is 7.54. The van der Waals surface area contributed by atoms with Crippen LogP contribution in [0, 0.1) is 0 Å². The third-order valence-corrected chi connectivity index (χ3v) is 5.99. The number of likely N-dealkylation sites (tertiary alicyclic amines) is 1. The first-order valence-electron chi connectivity index (χ1n) is 10.1. The molecule has 0 aliphatic carbocycles. The first-order valence-corrected chi connectivity index (χ1v) is 10.1. The molecule has 1 spiro atoms. The van der Waals surface area contributed by atoms with Gasteiger partial charge in [0.05, 0.1) is 13.2 Å². The Labute approximate surface area is 160 Å². The largest absolute Gasteiger partial charge is 0.347 e. The van der Waals surface area contributed by atoms with Crippen molar-refractivity contribution in [3.63, 3.8) is 0 Å². The number of ether oxygens (including phenoxy) is 2. The van der Waals surface area contributed by atoms with Crippen LogP contribution in [0.5, 0.6) is 0 Å². The van der Waals surface area contributed by atoms with Gasteiger partial charge in [-0.25, -0.2) is 0 Å². The molecular formula is C21H28N2O4. The van der Waals surface area contributed by atoms with Gasteiger partial charge < -0.3 is 14.4 Å². The average molecular weight is 372 g/mol. The van der Waals surface area contributed by atoms with E-state index >= 15 is 0 Å². The van der Waals surface area contributed by atoms with Gasteiger partial charge in [0, 0.05) is 38.0 Å². The molecule has 6 heteroatoms. The zero-order valence-corrected chi connectivity index (χ0v) is 16.0. The highest BCUT2D eigenvalue weighted by Crippen LogP contribution is 2.33. The topological polar surface area (TPSA) is 59.1 Å². The third kappa shape index (κ3) is 3.48. The molecule has 6 nitrogen and oxygen atoms in total. The van der Waals surface area contributed by atoms with Crippen LogP contribution in [-0.4, -0.2) is 54.8 Å². The zero-order chi connectivity index (χ0) is 18.9. The molecule has 3 heterocycles. The highest BCUT2D eigenvalue weighted by molar-refractivity contribution is 6.01. The maximum Gasteiger partial charge on any atom is 0.245 e. The van der Waals surface area contributed by atoms with Crippen LogP contribution in [0.4, 0.5) is 5.69 Å². The van der Waals surface area contributed by atoms with Crippen LogP contribution in [0.3, 0.4) is 0 Å². The fourth-order valence-corrected chi connectivity index (χ4v) is 4.52. The molecule has 0 N–H and O–H groups in total. The number of rotatable bonds is 3. The Kier molecular flexibility index (Phi) is 5.19. The van der Waals surface area contributed by atoms with Crippen LogP contribution < -0.4 is 4.90 Å². The molecule has 1 aromatic carbocycles. The van der Waals surface area contributed by atoms with Crippen molar-refractivity contribution in [3.8, 4) is 0 Å². The molecule has 146 valence electrons. The summed E-state index contributed by atoms with van der Waals surface area (Å²) in [7, 11) is 0. The smallest absolute Gasteiger partial charge is 0.245 e. The molecule has 0 aromatic heterocycles. The summed E-state index contributed by atoms with van der Waals surface area (Å²) in [5.74, 6) is -0.407. The van der Waals surface area contributed by atoms with E-state index in [1.54, 1.807) is 4.90 Å². The number of anilines is 1. The SMILES string of the molecule is CC[C@H](C(=O)N1CCC2(CC1)OCCO2)N1C(=O)CCCc2ccccc21. The lowest BCUT2D eigenvalue weighted by molar-refractivity contribution is -0.187. The molecule has 0 bridgehead atoms. The molecule has 2 saturated heterocycles. The predicted molar refractivity (Wildman–Crippen MR) is 101 cm³/mol. The number of hydrogen-bond donors (Lipinski definition) is 0. The van der Waals surface area contributed by atoms with Gasteiger partial charge in [0.1, 0.15) is 6.04 Å². The molecular weight excluding hydrogens is 344 g/mol. The van der Waals surface area contributed by atoms with E-state index in [4.69, 9.17) is 9.47 Å². The second kappa shape index (κ2) is 7.60. The normalized spacial score (nSPS) is 23.2. The first-order chi connectivity index (χ1) is 13.1. The van der Waals surface area contributed by atoms with Crippen molar-refractivity contribution in [2.75, 3.05) is 31.2 Å². The number of amides is 2. The van der Waals surface area contributed by atoms with E-state index in [2.05, 4.69) is 6.07 Å². The molecule has 0 radical (unpaired) electrons. The van der Waals surface area contributed by atoms with Crippen LogP contribution in [0.15, 0.2) is 24.3 Å². The Bertz CT molecular complexity index is 704. The second-order valence-electron chi connectivity index (χ2n) is 7.60. The molecule has 4 rings (SSSR count). The molecule has 0 saturated carbocycles. The number of carbonyl (C=O) groups excluding carboxylic acids is 2. The number of hydrogen-bond acceptors (Lipinski definition) is 4. The molecule has 2 fully saturated rings. The Morgan fingerprint density at radius 3 is 2.56 bits per heavy atom.